The molecule has 1 aromatic heterocycles. The van der Waals surface area contributed by atoms with Crippen LogP contribution in [0.3, 0.4) is 0 Å². The molecule has 22 heavy (non-hydrogen) atoms. The highest BCUT2D eigenvalue weighted by Gasteiger charge is 2.26. The van der Waals surface area contributed by atoms with E-state index in [0.717, 1.165) is 22.1 Å². The van der Waals surface area contributed by atoms with Crippen LogP contribution in [0.1, 0.15) is 17.5 Å². The molecule has 1 unspecified atom stereocenters. The molecular formula is C17H13FN2O2. The molecule has 0 saturated heterocycles. The number of phenols is 1. The fourth-order valence-electron chi connectivity index (χ4n) is 2.96. The number of nitrogens with zero attached hydrogens (tertiary/aromatic N) is 1. The SMILES string of the molecule is Oc1ccc2nc3c(c(-c4ccc(F)cc4)c2c1)CNC3O. The molecule has 0 radical (unpaired) electrons. The van der Waals surface area contributed by atoms with Crippen LogP contribution in [0, 0.1) is 5.82 Å². The van der Waals surface area contributed by atoms with E-state index in [1.807, 2.05) is 0 Å². The second-order valence-electron chi connectivity index (χ2n) is 5.34. The highest BCUT2D eigenvalue weighted by atomic mass is 19.1. The first-order valence-electron chi connectivity index (χ1n) is 6.96. The minimum Gasteiger partial charge on any atom is -0.508 e. The van der Waals surface area contributed by atoms with Crippen molar-refractivity contribution >= 4 is 10.9 Å². The van der Waals surface area contributed by atoms with E-state index >= 15 is 0 Å². The first kappa shape index (κ1) is 13.2. The Morgan fingerprint density at radius 3 is 2.68 bits per heavy atom. The third-order valence-corrected chi connectivity index (χ3v) is 3.97. The van der Waals surface area contributed by atoms with Gasteiger partial charge in [0.25, 0.3) is 0 Å². The zero-order valence-electron chi connectivity index (χ0n) is 11.5. The number of fused-ring (bicyclic) bond motifs is 2. The van der Waals surface area contributed by atoms with E-state index in [1.165, 1.54) is 12.1 Å². The molecule has 2 heterocycles. The number of rotatable bonds is 1. The number of hydrogen-bond acceptors (Lipinski definition) is 4. The maximum Gasteiger partial charge on any atom is 0.148 e. The van der Waals surface area contributed by atoms with Crippen molar-refractivity contribution in [2.24, 2.45) is 0 Å². The number of pyridine rings is 1. The number of aromatic hydroxyl groups is 1. The van der Waals surface area contributed by atoms with Gasteiger partial charge in [-0.2, -0.15) is 0 Å². The molecule has 1 aliphatic rings. The summed E-state index contributed by atoms with van der Waals surface area (Å²) < 4.78 is 13.2. The Hall–Kier alpha value is -2.50. The van der Waals surface area contributed by atoms with Gasteiger partial charge in [0.2, 0.25) is 0 Å². The zero-order chi connectivity index (χ0) is 15.3. The molecule has 0 aliphatic carbocycles. The topological polar surface area (TPSA) is 65.4 Å². The van der Waals surface area contributed by atoms with Crippen LogP contribution >= 0.6 is 0 Å². The molecule has 1 atom stereocenters. The van der Waals surface area contributed by atoms with Gasteiger partial charge in [-0.1, -0.05) is 12.1 Å². The van der Waals surface area contributed by atoms with E-state index in [9.17, 15) is 14.6 Å². The minimum atomic E-state index is -0.813. The predicted molar refractivity (Wildman–Crippen MR) is 80.6 cm³/mol. The molecule has 3 aromatic rings. The van der Waals surface area contributed by atoms with Crippen LogP contribution in [-0.2, 0) is 6.54 Å². The minimum absolute atomic E-state index is 0.143. The fourth-order valence-corrected chi connectivity index (χ4v) is 2.96. The molecule has 0 fully saturated rings. The third kappa shape index (κ3) is 1.94. The molecule has 3 N–H and O–H groups in total. The zero-order valence-corrected chi connectivity index (χ0v) is 11.5. The van der Waals surface area contributed by atoms with Crippen LogP contribution in [0.4, 0.5) is 4.39 Å². The average molecular weight is 296 g/mol. The van der Waals surface area contributed by atoms with Crippen molar-refractivity contribution in [3.8, 4) is 16.9 Å². The van der Waals surface area contributed by atoms with Gasteiger partial charge < -0.3 is 10.2 Å². The van der Waals surface area contributed by atoms with Gasteiger partial charge in [0.1, 0.15) is 17.8 Å². The number of nitrogens with one attached hydrogen (secondary N) is 1. The van der Waals surface area contributed by atoms with Crippen molar-refractivity contribution in [1.29, 1.82) is 0 Å². The molecule has 110 valence electrons. The predicted octanol–water partition coefficient (Wildman–Crippen LogP) is 2.84. The summed E-state index contributed by atoms with van der Waals surface area (Å²) in [5.74, 6) is -0.163. The summed E-state index contributed by atoms with van der Waals surface area (Å²) in [7, 11) is 0. The van der Waals surface area contributed by atoms with E-state index in [2.05, 4.69) is 10.3 Å². The Kier molecular flexibility index (Phi) is 2.85. The van der Waals surface area contributed by atoms with Crippen molar-refractivity contribution < 1.29 is 14.6 Å². The normalized spacial score (nSPS) is 16.9. The van der Waals surface area contributed by atoms with Gasteiger partial charge >= 0.3 is 0 Å². The Morgan fingerprint density at radius 1 is 1.14 bits per heavy atom. The molecule has 0 spiro atoms. The second-order valence-corrected chi connectivity index (χ2v) is 5.34. The molecular weight excluding hydrogens is 283 g/mol. The van der Waals surface area contributed by atoms with Gasteiger partial charge in [-0.15, -0.1) is 0 Å². The van der Waals surface area contributed by atoms with Gasteiger partial charge in [-0.25, -0.2) is 9.37 Å². The highest BCUT2D eigenvalue weighted by molar-refractivity contribution is 5.97. The molecule has 4 rings (SSSR count). The van der Waals surface area contributed by atoms with Gasteiger partial charge in [0.15, 0.2) is 0 Å². The monoisotopic (exact) mass is 296 g/mol. The summed E-state index contributed by atoms with van der Waals surface area (Å²) in [4.78, 5) is 4.48. The molecule has 5 heteroatoms. The summed E-state index contributed by atoms with van der Waals surface area (Å²) >= 11 is 0. The Morgan fingerprint density at radius 2 is 1.91 bits per heavy atom. The summed E-state index contributed by atoms with van der Waals surface area (Å²) in [5.41, 5.74) is 3.82. The number of aromatic nitrogens is 1. The molecule has 4 nitrogen and oxygen atoms in total. The molecule has 0 bridgehead atoms. The van der Waals surface area contributed by atoms with Crippen LogP contribution in [-0.4, -0.2) is 15.2 Å². The van der Waals surface area contributed by atoms with Crippen LogP contribution < -0.4 is 5.32 Å². The fraction of sp³-hybridized carbons (Fsp3) is 0.118. The lowest BCUT2D eigenvalue weighted by atomic mass is 9.95. The lowest BCUT2D eigenvalue weighted by Crippen LogP contribution is -2.10. The smallest absolute Gasteiger partial charge is 0.148 e. The maximum atomic E-state index is 13.2. The standard InChI is InChI=1S/C17H13FN2O2/c18-10-3-1-9(2-4-10)15-12-7-11(21)5-6-14(12)20-16-13(15)8-19-17(16)22/h1-7,17,19,21-22H,8H2. The van der Waals surface area contributed by atoms with Crippen molar-refractivity contribution in [2.75, 3.05) is 0 Å². The Bertz CT molecular complexity index is 878. The number of benzene rings is 2. The van der Waals surface area contributed by atoms with Crippen LogP contribution in [0.2, 0.25) is 0 Å². The second kappa shape index (κ2) is 4.76. The van der Waals surface area contributed by atoms with E-state index < -0.39 is 6.23 Å². The quantitative estimate of drug-likeness (QED) is 0.646. The number of phenolic OH excluding ortho intramolecular Hbond substituents is 1. The van der Waals surface area contributed by atoms with Gasteiger partial charge in [-0.3, -0.25) is 5.32 Å². The van der Waals surface area contributed by atoms with Crippen LogP contribution in [0.25, 0.3) is 22.0 Å². The summed E-state index contributed by atoms with van der Waals surface area (Å²) in [6.07, 6.45) is -0.813. The summed E-state index contributed by atoms with van der Waals surface area (Å²) in [6, 6.07) is 11.1. The summed E-state index contributed by atoms with van der Waals surface area (Å²) in [6.45, 7) is 0.474. The summed E-state index contributed by atoms with van der Waals surface area (Å²) in [5, 5.41) is 23.6. The molecule has 2 aromatic carbocycles. The Labute approximate surface area is 125 Å². The average Bonchev–Trinajstić information content (AvgIpc) is 2.87. The van der Waals surface area contributed by atoms with E-state index in [1.54, 1.807) is 30.3 Å². The molecule has 0 saturated carbocycles. The van der Waals surface area contributed by atoms with Crippen molar-refractivity contribution in [2.45, 2.75) is 12.8 Å². The van der Waals surface area contributed by atoms with Crippen molar-refractivity contribution in [3.63, 3.8) is 0 Å². The van der Waals surface area contributed by atoms with Gasteiger partial charge in [-0.05, 0) is 41.5 Å². The molecule has 1 aliphatic heterocycles. The first-order chi connectivity index (χ1) is 10.6. The van der Waals surface area contributed by atoms with Gasteiger partial charge in [0, 0.05) is 17.5 Å². The van der Waals surface area contributed by atoms with Crippen molar-refractivity contribution in [3.05, 3.63) is 59.5 Å². The number of aliphatic hydroxyl groups is 1. The number of hydrogen-bond donors (Lipinski definition) is 3. The van der Waals surface area contributed by atoms with E-state index in [4.69, 9.17) is 0 Å². The number of aliphatic hydroxyl groups excluding tert-OH is 1. The van der Waals surface area contributed by atoms with Crippen LogP contribution in [0.5, 0.6) is 5.75 Å². The maximum absolute atomic E-state index is 13.2. The Balaban J connectivity index is 2.10. The molecule has 0 amide bonds. The lowest BCUT2D eigenvalue weighted by Gasteiger charge is -2.13. The third-order valence-electron chi connectivity index (χ3n) is 3.97. The lowest BCUT2D eigenvalue weighted by molar-refractivity contribution is 0.148. The van der Waals surface area contributed by atoms with Crippen molar-refractivity contribution in [1.82, 2.24) is 10.3 Å². The number of halogens is 1. The first-order valence-corrected chi connectivity index (χ1v) is 6.96. The van der Waals surface area contributed by atoms with E-state index in [-0.39, 0.29) is 11.6 Å². The largest absolute Gasteiger partial charge is 0.508 e. The van der Waals surface area contributed by atoms with Gasteiger partial charge in [0.05, 0.1) is 11.2 Å². The highest BCUT2D eigenvalue weighted by Crippen LogP contribution is 2.38. The van der Waals surface area contributed by atoms with Crippen LogP contribution in [0.15, 0.2) is 42.5 Å². The van der Waals surface area contributed by atoms with E-state index in [0.29, 0.717) is 17.8 Å².